The highest BCUT2D eigenvalue weighted by Crippen LogP contribution is 2.18. The highest BCUT2D eigenvalue weighted by atomic mass is 15.1. The molecule has 0 aliphatic rings. The van der Waals surface area contributed by atoms with E-state index in [4.69, 9.17) is 5.73 Å². The minimum Gasteiger partial charge on any atom is -0.399 e. The highest BCUT2D eigenvalue weighted by Gasteiger charge is 2.15. The minimum absolute atomic E-state index is 0.799. The zero-order valence-electron chi connectivity index (χ0n) is 14.4. The summed E-state index contributed by atoms with van der Waals surface area (Å²) >= 11 is 0. The van der Waals surface area contributed by atoms with Gasteiger partial charge in [0, 0.05) is 24.5 Å². The molecule has 0 aliphatic carbocycles. The van der Waals surface area contributed by atoms with Crippen LogP contribution in [0.5, 0.6) is 0 Å². The zero-order valence-corrected chi connectivity index (χ0v) is 14.4. The van der Waals surface area contributed by atoms with Crippen LogP contribution >= 0.6 is 0 Å². The van der Waals surface area contributed by atoms with Gasteiger partial charge in [0.05, 0.1) is 26.9 Å². The van der Waals surface area contributed by atoms with E-state index in [0.717, 1.165) is 31.6 Å². The molecule has 1 aromatic carbocycles. The topological polar surface area (TPSA) is 68.6 Å². The Kier molecular flexibility index (Phi) is 4.84. The Morgan fingerprint density at radius 1 is 0.958 bits per heavy atom. The van der Waals surface area contributed by atoms with Crippen LogP contribution in [0.3, 0.4) is 0 Å². The second-order valence-corrected chi connectivity index (χ2v) is 6.12. The molecule has 4 N–H and O–H groups in total. The first kappa shape index (κ1) is 16.1. The third-order valence-electron chi connectivity index (χ3n) is 4.42. The molecule has 3 rings (SSSR count). The summed E-state index contributed by atoms with van der Waals surface area (Å²) in [5, 5.41) is 0. The van der Waals surface area contributed by atoms with Crippen molar-refractivity contribution in [2.45, 2.75) is 12.8 Å². The number of H-pyrrole nitrogens is 2. The van der Waals surface area contributed by atoms with E-state index >= 15 is 0 Å². The van der Waals surface area contributed by atoms with Crippen molar-refractivity contribution in [2.75, 3.05) is 23.7 Å². The van der Waals surface area contributed by atoms with E-state index < -0.39 is 0 Å². The van der Waals surface area contributed by atoms with Crippen molar-refractivity contribution in [3.8, 4) is 0 Å². The lowest BCUT2D eigenvalue weighted by molar-refractivity contribution is -0.677. The number of rotatable bonds is 7. The first-order valence-corrected chi connectivity index (χ1v) is 8.28. The fourth-order valence-corrected chi connectivity index (χ4v) is 2.94. The summed E-state index contributed by atoms with van der Waals surface area (Å²) in [5.74, 6) is 2.43. The van der Waals surface area contributed by atoms with Crippen LogP contribution in [-0.4, -0.2) is 23.1 Å². The summed E-state index contributed by atoms with van der Waals surface area (Å²) in [4.78, 5) is 8.99. The van der Waals surface area contributed by atoms with Gasteiger partial charge in [0.1, 0.15) is 24.8 Å². The molecule has 2 heterocycles. The average molecular weight is 326 g/mol. The van der Waals surface area contributed by atoms with Crippen LogP contribution < -0.4 is 19.8 Å². The van der Waals surface area contributed by atoms with Crippen molar-refractivity contribution >= 4 is 11.4 Å². The lowest BCUT2D eigenvalue weighted by Gasteiger charge is -2.24. The molecule has 3 aromatic rings. The summed E-state index contributed by atoms with van der Waals surface area (Å²) < 4.78 is 4.25. The molecule has 24 heavy (non-hydrogen) atoms. The lowest BCUT2D eigenvalue weighted by Crippen LogP contribution is -2.37. The van der Waals surface area contributed by atoms with Crippen molar-refractivity contribution in [2.24, 2.45) is 14.1 Å². The molecular weight excluding hydrogens is 300 g/mol. The SMILES string of the molecule is C[n+]1cc[nH]c1CCN(CCc1[nH]cc[n+]1C)c1cccc(N)c1. The van der Waals surface area contributed by atoms with Gasteiger partial charge in [-0.05, 0) is 18.2 Å². The summed E-state index contributed by atoms with van der Waals surface area (Å²) in [7, 11) is 4.13. The van der Waals surface area contributed by atoms with Crippen molar-refractivity contribution < 1.29 is 9.13 Å². The molecule has 0 aliphatic heterocycles. The van der Waals surface area contributed by atoms with Crippen LogP contribution in [0.4, 0.5) is 11.4 Å². The van der Waals surface area contributed by atoms with Crippen LogP contribution in [-0.2, 0) is 26.9 Å². The third-order valence-corrected chi connectivity index (χ3v) is 4.42. The van der Waals surface area contributed by atoms with E-state index in [9.17, 15) is 0 Å². The van der Waals surface area contributed by atoms with Gasteiger partial charge >= 0.3 is 0 Å². The molecule has 0 unspecified atom stereocenters. The maximum atomic E-state index is 5.98. The van der Waals surface area contributed by atoms with Crippen molar-refractivity contribution in [3.05, 3.63) is 60.7 Å². The van der Waals surface area contributed by atoms with E-state index in [1.165, 1.54) is 17.3 Å². The number of nitrogens with two attached hydrogens (primary N) is 1. The number of aromatic nitrogens is 4. The maximum Gasteiger partial charge on any atom is 0.255 e. The number of benzene rings is 1. The van der Waals surface area contributed by atoms with Crippen LogP contribution in [0.2, 0.25) is 0 Å². The molecule has 0 fully saturated rings. The van der Waals surface area contributed by atoms with E-state index in [-0.39, 0.29) is 0 Å². The summed E-state index contributed by atoms with van der Waals surface area (Å²) in [6.07, 6.45) is 9.93. The van der Waals surface area contributed by atoms with Gasteiger partial charge in [-0.2, -0.15) is 0 Å². The summed E-state index contributed by atoms with van der Waals surface area (Å²) in [6, 6.07) is 8.11. The number of aryl methyl sites for hydroxylation is 2. The van der Waals surface area contributed by atoms with E-state index in [1.54, 1.807) is 0 Å². The van der Waals surface area contributed by atoms with Crippen molar-refractivity contribution in [1.82, 2.24) is 9.97 Å². The van der Waals surface area contributed by atoms with E-state index in [0.29, 0.717) is 0 Å². The number of anilines is 2. The fourth-order valence-electron chi connectivity index (χ4n) is 2.94. The van der Waals surface area contributed by atoms with Gasteiger partial charge in [-0.15, -0.1) is 0 Å². The Morgan fingerprint density at radius 3 is 2.00 bits per heavy atom. The maximum absolute atomic E-state index is 5.98. The van der Waals surface area contributed by atoms with Crippen LogP contribution in [0, 0.1) is 0 Å². The summed E-state index contributed by atoms with van der Waals surface area (Å²) in [5.41, 5.74) is 7.94. The van der Waals surface area contributed by atoms with Crippen molar-refractivity contribution in [1.29, 1.82) is 0 Å². The van der Waals surface area contributed by atoms with E-state index in [1.807, 2.05) is 43.0 Å². The van der Waals surface area contributed by atoms with Crippen LogP contribution in [0.25, 0.3) is 0 Å². The molecule has 0 amide bonds. The monoisotopic (exact) mass is 326 g/mol. The van der Waals surface area contributed by atoms with Gasteiger partial charge in [0.25, 0.3) is 11.6 Å². The third kappa shape index (κ3) is 3.76. The second-order valence-electron chi connectivity index (χ2n) is 6.12. The predicted molar refractivity (Wildman–Crippen MR) is 94.4 cm³/mol. The number of hydrogen-bond donors (Lipinski definition) is 3. The fraction of sp³-hybridized carbons (Fsp3) is 0.333. The van der Waals surface area contributed by atoms with Gasteiger partial charge in [0.15, 0.2) is 0 Å². The molecule has 0 radical (unpaired) electrons. The van der Waals surface area contributed by atoms with Gasteiger partial charge < -0.3 is 10.6 Å². The van der Waals surface area contributed by atoms with Crippen LogP contribution in [0.1, 0.15) is 11.6 Å². The summed E-state index contributed by atoms with van der Waals surface area (Å²) in [6.45, 7) is 1.87. The Labute approximate surface area is 142 Å². The predicted octanol–water partition coefficient (Wildman–Crippen LogP) is 0.866. The molecule has 0 spiro atoms. The molecule has 0 saturated heterocycles. The van der Waals surface area contributed by atoms with E-state index in [2.05, 4.69) is 44.2 Å². The number of nitrogens with zero attached hydrogens (tertiary/aromatic N) is 3. The van der Waals surface area contributed by atoms with Crippen LogP contribution in [0.15, 0.2) is 49.1 Å². The first-order valence-electron chi connectivity index (χ1n) is 8.28. The molecule has 2 aromatic heterocycles. The first-order chi connectivity index (χ1) is 11.6. The number of nitrogen functional groups attached to an aromatic ring is 1. The molecule has 0 atom stereocenters. The average Bonchev–Trinajstić information content (AvgIpc) is 3.16. The quantitative estimate of drug-likeness (QED) is 0.445. The normalized spacial score (nSPS) is 10.9. The number of aromatic amines is 2. The van der Waals surface area contributed by atoms with Gasteiger partial charge in [-0.1, -0.05) is 6.07 Å². The smallest absolute Gasteiger partial charge is 0.255 e. The Morgan fingerprint density at radius 2 is 1.54 bits per heavy atom. The minimum atomic E-state index is 0.799. The Hall–Kier alpha value is -2.76. The molecular formula is C18H26N6+2. The largest absolute Gasteiger partial charge is 0.399 e. The molecule has 6 nitrogen and oxygen atoms in total. The van der Waals surface area contributed by atoms with Crippen molar-refractivity contribution in [3.63, 3.8) is 0 Å². The second kappa shape index (κ2) is 7.21. The molecule has 0 bridgehead atoms. The van der Waals surface area contributed by atoms with Gasteiger partial charge in [-0.3, -0.25) is 0 Å². The number of imidazole rings is 2. The standard InChI is InChI=1S/C18H24N6/c1-22-12-8-20-17(22)6-10-24(16-5-3-4-15(19)14-16)11-7-18-21-9-13-23(18)2/h3-5,8-9,12-14H,6-7,10-11,19H2,1-2H3/p+2. The molecule has 0 saturated carbocycles. The molecule has 126 valence electrons. The van der Waals surface area contributed by atoms with Gasteiger partial charge in [-0.25, -0.2) is 19.1 Å². The zero-order chi connectivity index (χ0) is 16.9. The Bertz CT molecular complexity index is 744. The number of nitrogens with one attached hydrogen (secondary N) is 2. The Balaban J connectivity index is 1.73. The number of hydrogen-bond acceptors (Lipinski definition) is 2. The molecule has 6 heteroatoms. The highest BCUT2D eigenvalue weighted by molar-refractivity contribution is 5.55. The lowest BCUT2D eigenvalue weighted by atomic mass is 10.2. The van der Waals surface area contributed by atoms with Gasteiger partial charge in [0.2, 0.25) is 0 Å².